The summed E-state index contributed by atoms with van der Waals surface area (Å²) in [5, 5.41) is 0.325. The van der Waals surface area contributed by atoms with Crippen molar-refractivity contribution in [1.29, 1.82) is 0 Å². The highest BCUT2D eigenvalue weighted by Gasteiger charge is 2.19. The lowest BCUT2D eigenvalue weighted by Crippen LogP contribution is -2.23. The molecule has 8 heteroatoms. The number of halogens is 1. The largest absolute Gasteiger partial charge is 0.495 e. The molecule has 0 aliphatic heterocycles. The Morgan fingerprint density at radius 3 is 2.60 bits per heavy atom. The number of nitrogens with zero attached hydrogens (tertiary/aromatic N) is 2. The molecule has 0 unspecified atom stereocenters. The quantitative estimate of drug-likeness (QED) is 0.716. The van der Waals surface area contributed by atoms with Gasteiger partial charge in [-0.05, 0) is 35.9 Å². The molecule has 1 aromatic heterocycles. The number of aromatic nitrogens is 2. The Hall–Kier alpha value is -2.35. The SMILES string of the molecule is COc1ccc(Cl)cc1S(=O)(=O)NCc1ccc(-n2ccnc2)cc1. The van der Waals surface area contributed by atoms with Crippen LogP contribution >= 0.6 is 11.6 Å². The molecule has 130 valence electrons. The first-order valence-corrected chi connectivity index (χ1v) is 9.26. The Labute approximate surface area is 151 Å². The van der Waals surface area contributed by atoms with Crippen LogP contribution < -0.4 is 9.46 Å². The van der Waals surface area contributed by atoms with Gasteiger partial charge in [0.05, 0.1) is 13.4 Å². The number of benzene rings is 2. The van der Waals surface area contributed by atoms with E-state index >= 15 is 0 Å². The van der Waals surface area contributed by atoms with E-state index in [0.717, 1.165) is 11.3 Å². The number of nitrogens with one attached hydrogen (secondary N) is 1. The van der Waals surface area contributed by atoms with Crippen molar-refractivity contribution in [3.8, 4) is 11.4 Å². The van der Waals surface area contributed by atoms with Gasteiger partial charge in [0.15, 0.2) is 0 Å². The summed E-state index contributed by atoms with van der Waals surface area (Å²) in [6, 6.07) is 12.0. The molecule has 25 heavy (non-hydrogen) atoms. The number of hydrogen-bond acceptors (Lipinski definition) is 4. The lowest BCUT2D eigenvalue weighted by Gasteiger charge is -2.11. The van der Waals surface area contributed by atoms with Crippen molar-refractivity contribution in [2.75, 3.05) is 7.11 Å². The van der Waals surface area contributed by atoms with Gasteiger partial charge in [-0.25, -0.2) is 18.1 Å². The molecular formula is C17H16ClN3O3S. The van der Waals surface area contributed by atoms with Crippen LogP contribution in [0.5, 0.6) is 5.75 Å². The van der Waals surface area contributed by atoms with Gasteiger partial charge in [-0.15, -0.1) is 0 Å². The average Bonchev–Trinajstić information content (AvgIpc) is 3.15. The highest BCUT2D eigenvalue weighted by Crippen LogP contribution is 2.27. The molecule has 1 N–H and O–H groups in total. The van der Waals surface area contributed by atoms with Crippen molar-refractivity contribution in [2.24, 2.45) is 0 Å². The maximum absolute atomic E-state index is 12.5. The number of methoxy groups -OCH3 is 1. The minimum atomic E-state index is -3.75. The van der Waals surface area contributed by atoms with Crippen molar-refractivity contribution >= 4 is 21.6 Å². The van der Waals surface area contributed by atoms with Gasteiger partial charge in [0.2, 0.25) is 10.0 Å². The second-order valence-corrected chi connectivity index (χ2v) is 7.43. The molecule has 3 rings (SSSR count). The van der Waals surface area contributed by atoms with Crippen molar-refractivity contribution < 1.29 is 13.2 Å². The van der Waals surface area contributed by atoms with Crippen molar-refractivity contribution in [3.05, 3.63) is 71.8 Å². The van der Waals surface area contributed by atoms with E-state index in [0.29, 0.717) is 5.02 Å². The van der Waals surface area contributed by atoms with Crippen molar-refractivity contribution in [3.63, 3.8) is 0 Å². The van der Waals surface area contributed by atoms with Crippen LogP contribution in [0.2, 0.25) is 5.02 Å². The first-order valence-electron chi connectivity index (χ1n) is 7.40. The second-order valence-electron chi connectivity index (χ2n) is 5.26. The highest BCUT2D eigenvalue weighted by atomic mass is 35.5. The van der Waals surface area contributed by atoms with Crippen LogP contribution in [0.4, 0.5) is 0 Å². The summed E-state index contributed by atoms with van der Waals surface area (Å²) in [5.74, 6) is 0.243. The molecule has 2 aromatic carbocycles. The third-order valence-corrected chi connectivity index (χ3v) is 5.28. The molecule has 6 nitrogen and oxygen atoms in total. The van der Waals surface area contributed by atoms with Gasteiger partial charge in [-0.3, -0.25) is 0 Å². The van der Waals surface area contributed by atoms with Gasteiger partial charge in [0, 0.05) is 29.6 Å². The first kappa shape index (κ1) is 17.5. The normalized spacial score (nSPS) is 11.4. The fourth-order valence-corrected chi connectivity index (χ4v) is 3.76. The van der Waals surface area contributed by atoms with Gasteiger partial charge in [-0.1, -0.05) is 23.7 Å². The number of ether oxygens (including phenoxy) is 1. The molecule has 0 aliphatic rings. The molecule has 0 radical (unpaired) electrons. The van der Waals surface area contributed by atoms with Crippen LogP contribution in [0.1, 0.15) is 5.56 Å². The molecular weight excluding hydrogens is 362 g/mol. The maximum atomic E-state index is 12.5. The van der Waals surface area contributed by atoms with E-state index < -0.39 is 10.0 Å². The highest BCUT2D eigenvalue weighted by molar-refractivity contribution is 7.89. The Morgan fingerprint density at radius 2 is 1.96 bits per heavy atom. The summed E-state index contributed by atoms with van der Waals surface area (Å²) >= 11 is 5.91. The minimum Gasteiger partial charge on any atom is -0.495 e. The summed E-state index contributed by atoms with van der Waals surface area (Å²) in [7, 11) is -2.34. The van der Waals surface area contributed by atoms with Crippen LogP contribution in [0.15, 0.2) is 66.1 Å². The van der Waals surface area contributed by atoms with Gasteiger partial charge in [0.25, 0.3) is 0 Å². The van der Waals surface area contributed by atoms with Gasteiger partial charge in [0.1, 0.15) is 10.6 Å². The zero-order chi connectivity index (χ0) is 17.9. The summed E-state index contributed by atoms with van der Waals surface area (Å²) in [5.41, 5.74) is 1.77. The molecule has 0 saturated heterocycles. The standard InChI is InChI=1S/C17H16ClN3O3S/c1-24-16-7-4-14(18)10-17(16)25(22,23)20-11-13-2-5-15(6-3-13)21-9-8-19-12-21/h2-10,12,20H,11H2,1H3. The minimum absolute atomic E-state index is 0.0116. The Balaban J connectivity index is 1.75. The Morgan fingerprint density at radius 1 is 1.20 bits per heavy atom. The third kappa shape index (κ3) is 4.01. The fourth-order valence-electron chi connectivity index (χ4n) is 2.31. The van der Waals surface area contributed by atoms with Crippen molar-refractivity contribution in [1.82, 2.24) is 14.3 Å². The number of hydrogen-bond donors (Lipinski definition) is 1. The molecule has 3 aromatic rings. The van der Waals surface area contributed by atoms with Crippen molar-refractivity contribution in [2.45, 2.75) is 11.4 Å². The predicted octanol–water partition coefficient (Wildman–Crippen LogP) is 3.01. The van der Waals surface area contributed by atoms with Gasteiger partial charge < -0.3 is 9.30 Å². The summed E-state index contributed by atoms with van der Waals surface area (Å²) < 4.78 is 34.6. The molecule has 0 bridgehead atoms. The van der Waals surface area contributed by atoms with Crippen LogP contribution in [0.25, 0.3) is 5.69 Å². The Bertz CT molecular complexity index is 955. The van der Waals surface area contributed by atoms with E-state index in [1.807, 2.05) is 35.0 Å². The number of imidazole rings is 1. The maximum Gasteiger partial charge on any atom is 0.244 e. The second kappa shape index (κ2) is 7.26. The monoisotopic (exact) mass is 377 g/mol. The third-order valence-electron chi connectivity index (χ3n) is 3.62. The topological polar surface area (TPSA) is 73.2 Å². The molecule has 0 spiro atoms. The molecule has 0 atom stereocenters. The number of rotatable bonds is 6. The summed E-state index contributed by atoms with van der Waals surface area (Å²) in [4.78, 5) is 4.01. The van der Waals surface area contributed by atoms with Crippen LogP contribution in [-0.2, 0) is 16.6 Å². The van der Waals surface area contributed by atoms with E-state index in [4.69, 9.17) is 16.3 Å². The predicted molar refractivity (Wildman–Crippen MR) is 95.6 cm³/mol. The van der Waals surface area contributed by atoms with E-state index in [9.17, 15) is 8.42 Å². The molecule has 1 heterocycles. The molecule has 0 aliphatic carbocycles. The fraction of sp³-hybridized carbons (Fsp3) is 0.118. The summed E-state index contributed by atoms with van der Waals surface area (Å²) in [6.07, 6.45) is 5.23. The molecule has 0 saturated carbocycles. The summed E-state index contributed by atoms with van der Waals surface area (Å²) in [6.45, 7) is 0.155. The average molecular weight is 378 g/mol. The van der Waals surface area contributed by atoms with Gasteiger partial charge in [-0.2, -0.15) is 0 Å². The van der Waals surface area contributed by atoms with E-state index in [-0.39, 0.29) is 17.2 Å². The van der Waals surface area contributed by atoms with Crippen LogP contribution in [0.3, 0.4) is 0 Å². The first-order chi connectivity index (χ1) is 12.0. The van der Waals surface area contributed by atoms with E-state index in [2.05, 4.69) is 9.71 Å². The lowest BCUT2D eigenvalue weighted by atomic mass is 10.2. The zero-order valence-corrected chi connectivity index (χ0v) is 15.0. The van der Waals surface area contributed by atoms with Crippen LogP contribution in [-0.4, -0.2) is 25.1 Å². The molecule has 0 fully saturated rings. The van der Waals surface area contributed by atoms with Crippen LogP contribution in [0, 0.1) is 0 Å². The lowest BCUT2D eigenvalue weighted by molar-refractivity contribution is 0.402. The van der Waals surface area contributed by atoms with E-state index in [1.165, 1.54) is 19.2 Å². The van der Waals surface area contributed by atoms with Gasteiger partial charge >= 0.3 is 0 Å². The smallest absolute Gasteiger partial charge is 0.244 e. The Kier molecular flexibility index (Phi) is 5.08. The van der Waals surface area contributed by atoms with E-state index in [1.54, 1.807) is 18.6 Å². The zero-order valence-electron chi connectivity index (χ0n) is 13.4. The number of sulfonamides is 1. The molecule has 0 amide bonds.